The monoisotopic (exact) mass is 342 g/mol. The minimum Gasteiger partial charge on any atom is -0.491 e. The Labute approximate surface area is 127 Å². The van der Waals surface area contributed by atoms with Gasteiger partial charge in [0, 0.05) is 4.47 Å². The molecule has 1 heterocycles. The van der Waals surface area contributed by atoms with Gasteiger partial charge in [0.2, 0.25) is 0 Å². The van der Waals surface area contributed by atoms with Crippen molar-refractivity contribution in [3.8, 4) is 5.75 Å². The van der Waals surface area contributed by atoms with E-state index in [9.17, 15) is 4.79 Å². The molecule has 1 saturated heterocycles. The molecule has 1 aliphatic heterocycles. The van der Waals surface area contributed by atoms with E-state index in [0.717, 1.165) is 22.2 Å². The molecule has 0 amide bonds. The van der Waals surface area contributed by atoms with E-state index in [1.54, 1.807) is 0 Å². The number of hydrogen-bond donors (Lipinski definition) is 1. The zero-order valence-corrected chi connectivity index (χ0v) is 13.2. The maximum absolute atomic E-state index is 10.8. The van der Waals surface area contributed by atoms with Crippen LogP contribution >= 0.6 is 15.9 Å². The van der Waals surface area contributed by atoms with Gasteiger partial charge in [-0.25, -0.2) is 4.79 Å². The largest absolute Gasteiger partial charge is 0.491 e. The first-order valence-corrected chi connectivity index (χ1v) is 7.57. The highest BCUT2D eigenvalue weighted by atomic mass is 79.9. The van der Waals surface area contributed by atoms with Crippen molar-refractivity contribution in [2.45, 2.75) is 44.8 Å². The highest BCUT2D eigenvalue weighted by molar-refractivity contribution is 9.10. The van der Waals surface area contributed by atoms with Crippen molar-refractivity contribution in [3.05, 3.63) is 28.2 Å². The molecular formula is C15H19BrO4. The Balaban J connectivity index is 1.96. The molecule has 2 rings (SSSR count). The summed E-state index contributed by atoms with van der Waals surface area (Å²) in [6, 6.07) is 5.93. The number of rotatable bonds is 5. The lowest BCUT2D eigenvalue weighted by molar-refractivity contribution is -0.149. The van der Waals surface area contributed by atoms with Gasteiger partial charge >= 0.3 is 5.97 Å². The number of benzene rings is 1. The Morgan fingerprint density at radius 2 is 2.25 bits per heavy atom. The molecule has 0 aliphatic carbocycles. The van der Waals surface area contributed by atoms with E-state index < -0.39 is 12.1 Å². The number of halogens is 1. The molecule has 0 spiro atoms. The molecule has 1 fully saturated rings. The summed E-state index contributed by atoms with van der Waals surface area (Å²) in [5.74, 6) is 0.309. The van der Waals surface area contributed by atoms with Crippen LogP contribution in [-0.4, -0.2) is 29.9 Å². The van der Waals surface area contributed by atoms with E-state index in [0.29, 0.717) is 18.9 Å². The van der Waals surface area contributed by atoms with Crippen LogP contribution in [0.4, 0.5) is 0 Å². The summed E-state index contributed by atoms with van der Waals surface area (Å²) in [6.07, 6.45) is 0.462. The number of carboxylic acid groups (broad SMARTS) is 1. The summed E-state index contributed by atoms with van der Waals surface area (Å²) in [6.45, 7) is 4.62. The van der Waals surface area contributed by atoms with Crippen molar-refractivity contribution in [1.29, 1.82) is 0 Å². The van der Waals surface area contributed by atoms with Crippen molar-refractivity contribution in [2.24, 2.45) is 0 Å². The van der Waals surface area contributed by atoms with E-state index in [1.807, 2.05) is 12.1 Å². The van der Waals surface area contributed by atoms with Crippen LogP contribution in [0.1, 0.15) is 38.2 Å². The fraction of sp³-hybridized carbons (Fsp3) is 0.533. The van der Waals surface area contributed by atoms with Crippen molar-refractivity contribution in [3.63, 3.8) is 0 Å². The molecule has 0 aromatic heterocycles. The Kier molecular flexibility index (Phi) is 5.05. The van der Waals surface area contributed by atoms with E-state index in [-0.39, 0.29) is 6.10 Å². The zero-order chi connectivity index (χ0) is 14.7. The molecule has 4 nitrogen and oxygen atoms in total. The van der Waals surface area contributed by atoms with E-state index >= 15 is 0 Å². The molecule has 1 aliphatic rings. The van der Waals surface area contributed by atoms with Gasteiger partial charge in [-0.15, -0.1) is 0 Å². The standard InChI is InChI=1S/C15H19BrO4/c1-9(2)12-7-10(16)3-5-13(12)19-8-11-4-6-14(20-11)15(17)18/h3,5,7,9,11,14H,4,6,8H2,1-2H3,(H,17,18). The van der Waals surface area contributed by atoms with Gasteiger partial charge in [-0.1, -0.05) is 29.8 Å². The number of aliphatic carboxylic acids is 1. The molecule has 0 radical (unpaired) electrons. The minimum atomic E-state index is -0.890. The van der Waals surface area contributed by atoms with Gasteiger partial charge in [-0.2, -0.15) is 0 Å². The molecule has 1 N–H and O–H groups in total. The van der Waals surface area contributed by atoms with Crippen molar-refractivity contribution in [2.75, 3.05) is 6.61 Å². The summed E-state index contributed by atoms with van der Waals surface area (Å²) in [5.41, 5.74) is 1.13. The van der Waals surface area contributed by atoms with Crippen molar-refractivity contribution in [1.82, 2.24) is 0 Å². The number of hydrogen-bond acceptors (Lipinski definition) is 3. The minimum absolute atomic E-state index is 0.139. The van der Waals surface area contributed by atoms with Gasteiger partial charge in [-0.05, 0) is 42.5 Å². The quantitative estimate of drug-likeness (QED) is 0.888. The smallest absolute Gasteiger partial charge is 0.332 e. The van der Waals surface area contributed by atoms with Crippen molar-refractivity contribution >= 4 is 21.9 Å². The second-order valence-corrected chi connectivity index (χ2v) is 6.23. The Hall–Kier alpha value is -1.07. The topological polar surface area (TPSA) is 55.8 Å². The first-order valence-electron chi connectivity index (χ1n) is 6.78. The maximum atomic E-state index is 10.8. The molecule has 110 valence electrons. The van der Waals surface area contributed by atoms with Gasteiger partial charge in [0.1, 0.15) is 12.4 Å². The lowest BCUT2D eigenvalue weighted by atomic mass is 10.0. The normalized spacial score (nSPS) is 22.2. The molecule has 0 saturated carbocycles. The number of ether oxygens (including phenoxy) is 2. The molecule has 1 aromatic rings. The molecule has 20 heavy (non-hydrogen) atoms. The van der Waals surface area contributed by atoms with Crippen LogP contribution in [0, 0.1) is 0 Å². The summed E-state index contributed by atoms with van der Waals surface area (Å²) < 4.78 is 12.3. The van der Waals surface area contributed by atoms with Gasteiger partial charge in [0.15, 0.2) is 6.10 Å². The predicted octanol–water partition coefficient (Wildman–Crippen LogP) is 3.58. The summed E-state index contributed by atoms with van der Waals surface area (Å²) in [4.78, 5) is 10.8. The Morgan fingerprint density at radius 3 is 2.85 bits per heavy atom. The average Bonchev–Trinajstić information content (AvgIpc) is 2.86. The number of carboxylic acids is 1. The van der Waals surface area contributed by atoms with Crippen LogP contribution in [0.3, 0.4) is 0 Å². The Morgan fingerprint density at radius 1 is 1.50 bits per heavy atom. The van der Waals surface area contributed by atoms with Gasteiger partial charge < -0.3 is 14.6 Å². The summed E-state index contributed by atoms with van der Waals surface area (Å²) in [7, 11) is 0. The Bertz CT molecular complexity index is 487. The van der Waals surface area contributed by atoms with Gasteiger partial charge in [0.05, 0.1) is 6.10 Å². The van der Waals surface area contributed by atoms with E-state index in [1.165, 1.54) is 0 Å². The predicted molar refractivity (Wildman–Crippen MR) is 79.3 cm³/mol. The fourth-order valence-electron chi connectivity index (χ4n) is 2.29. The third-order valence-corrected chi connectivity index (χ3v) is 3.89. The SMILES string of the molecule is CC(C)c1cc(Br)ccc1OCC1CCC(C(=O)O)O1. The third-order valence-electron chi connectivity index (χ3n) is 3.40. The first-order chi connectivity index (χ1) is 9.47. The fourth-order valence-corrected chi connectivity index (χ4v) is 2.67. The molecule has 2 atom stereocenters. The number of carbonyl (C=O) groups is 1. The highest BCUT2D eigenvalue weighted by Crippen LogP contribution is 2.30. The van der Waals surface area contributed by atoms with Crippen LogP contribution in [0.15, 0.2) is 22.7 Å². The van der Waals surface area contributed by atoms with Gasteiger partial charge in [0.25, 0.3) is 0 Å². The van der Waals surface area contributed by atoms with Crippen LogP contribution in [0.2, 0.25) is 0 Å². The summed E-state index contributed by atoms with van der Waals surface area (Å²) in [5, 5.41) is 8.89. The first kappa shape index (κ1) is 15.3. The molecule has 0 bridgehead atoms. The molecular weight excluding hydrogens is 324 g/mol. The average molecular weight is 343 g/mol. The van der Waals surface area contributed by atoms with Crippen molar-refractivity contribution < 1.29 is 19.4 Å². The van der Waals surface area contributed by atoms with Gasteiger partial charge in [-0.3, -0.25) is 0 Å². The van der Waals surface area contributed by atoms with E-state index in [2.05, 4.69) is 35.8 Å². The molecule has 2 unspecified atom stereocenters. The molecule has 5 heteroatoms. The van der Waals surface area contributed by atoms with Crippen LogP contribution in [0.5, 0.6) is 5.75 Å². The lowest BCUT2D eigenvalue weighted by Crippen LogP contribution is -2.23. The second-order valence-electron chi connectivity index (χ2n) is 5.31. The summed E-state index contributed by atoms with van der Waals surface area (Å²) >= 11 is 3.46. The maximum Gasteiger partial charge on any atom is 0.332 e. The lowest BCUT2D eigenvalue weighted by Gasteiger charge is -2.17. The van der Waals surface area contributed by atoms with Crippen LogP contribution in [-0.2, 0) is 9.53 Å². The highest BCUT2D eigenvalue weighted by Gasteiger charge is 2.30. The third kappa shape index (κ3) is 3.73. The zero-order valence-electron chi connectivity index (χ0n) is 11.6. The van der Waals surface area contributed by atoms with Crippen LogP contribution in [0.25, 0.3) is 0 Å². The second kappa shape index (κ2) is 6.59. The van der Waals surface area contributed by atoms with E-state index in [4.69, 9.17) is 14.6 Å². The molecule has 1 aromatic carbocycles. The van der Waals surface area contributed by atoms with Crippen LogP contribution < -0.4 is 4.74 Å².